The lowest BCUT2D eigenvalue weighted by molar-refractivity contribution is 0.00867. The molecule has 1 aromatic rings. The third kappa shape index (κ3) is 6.64. The Balaban J connectivity index is 1.70. The summed E-state index contributed by atoms with van der Waals surface area (Å²) in [5.74, 6) is 2.07. The molecule has 7 nitrogen and oxygen atoms in total. The van der Waals surface area contributed by atoms with Gasteiger partial charge in [-0.05, 0) is 26.2 Å². The summed E-state index contributed by atoms with van der Waals surface area (Å²) >= 11 is 0. The zero-order chi connectivity index (χ0) is 18.2. The van der Waals surface area contributed by atoms with Crippen molar-refractivity contribution in [2.45, 2.75) is 13.1 Å². The van der Waals surface area contributed by atoms with Crippen LogP contribution in [-0.2, 0) is 22.6 Å². The van der Waals surface area contributed by atoms with E-state index in [4.69, 9.17) is 13.9 Å². The van der Waals surface area contributed by atoms with E-state index in [2.05, 4.69) is 45.8 Å². The molecule has 26 heavy (non-hydrogen) atoms. The van der Waals surface area contributed by atoms with Crippen molar-refractivity contribution in [3.63, 3.8) is 0 Å². The molecule has 0 spiro atoms. The van der Waals surface area contributed by atoms with Crippen LogP contribution >= 0.6 is 0 Å². The highest BCUT2D eigenvalue weighted by Crippen LogP contribution is 2.14. The number of likely N-dealkylation sites (N-methyl/N-ethyl adjacent to an activating group) is 2. The Hall–Kier alpha value is -0.960. The highest BCUT2D eigenvalue weighted by Gasteiger charge is 2.16. The van der Waals surface area contributed by atoms with Crippen molar-refractivity contribution in [2.24, 2.45) is 0 Å². The molecule has 2 aliphatic heterocycles. The van der Waals surface area contributed by atoms with Gasteiger partial charge in [-0.1, -0.05) is 0 Å². The Morgan fingerprint density at radius 3 is 1.92 bits per heavy atom. The van der Waals surface area contributed by atoms with Gasteiger partial charge in [0.2, 0.25) is 0 Å². The van der Waals surface area contributed by atoms with Crippen molar-refractivity contribution in [1.29, 1.82) is 0 Å². The van der Waals surface area contributed by atoms with Crippen molar-refractivity contribution in [1.82, 2.24) is 19.6 Å². The van der Waals surface area contributed by atoms with Gasteiger partial charge in [0.05, 0.1) is 39.6 Å². The minimum Gasteiger partial charge on any atom is -0.463 e. The SMILES string of the molecule is CN1CCOCCN(C)CCN2COCCN(CC1)Cc1ccc(o1)C2. The number of rotatable bonds is 0. The van der Waals surface area contributed by atoms with Crippen LogP contribution < -0.4 is 0 Å². The maximum atomic E-state index is 6.09. The van der Waals surface area contributed by atoms with Crippen LogP contribution in [0.5, 0.6) is 0 Å². The summed E-state index contributed by atoms with van der Waals surface area (Å²) < 4.78 is 17.9. The fourth-order valence-corrected chi connectivity index (χ4v) is 3.27. The van der Waals surface area contributed by atoms with Gasteiger partial charge in [-0.15, -0.1) is 0 Å². The molecule has 3 rings (SSSR count). The molecule has 1 fully saturated rings. The van der Waals surface area contributed by atoms with Gasteiger partial charge >= 0.3 is 0 Å². The van der Waals surface area contributed by atoms with Gasteiger partial charge < -0.3 is 23.7 Å². The molecule has 4 bridgehead atoms. The number of hydrogen-bond acceptors (Lipinski definition) is 7. The number of ether oxygens (including phenoxy) is 2. The largest absolute Gasteiger partial charge is 0.463 e. The third-order valence-electron chi connectivity index (χ3n) is 5.13. The standard InChI is InChI=1S/C19H34N4O3/c1-20-5-7-22-11-14-25-17-23(16-19-4-3-18(15-22)26-19)8-6-21(2)10-13-24-12-9-20/h3-4H,5-17H2,1-2H3. The predicted molar refractivity (Wildman–Crippen MR) is 101 cm³/mol. The monoisotopic (exact) mass is 366 g/mol. The van der Waals surface area contributed by atoms with Gasteiger partial charge in [0, 0.05) is 45.8 Å². The van der Waals surface area contributed by atoms with Gasteiger partial charge in [-0.2, -0.15) is 0 Å². The molecular weight excluding hydrogens is 332 g/mol. The summed E-state index contributed by atoms with van der Waals surface area (Å²) in [6, 6.07) is 4.24. The van der Waals surface area contributed by atoms with Crippen molar-refractivity contribution in [2.75, 3.05) is 86.5 Å². The molecule has 1 aromatic heterocycles. The van der Waals surface area contributed by atoms with Crippen molar-refractivity contribution < 1.29 is 13.9 Å². The Labute approximate surface area is 157 Å². The average molecular weight is 367 g/mol. The number of nitrogens with zero attached hydrogens (tertiary/aromatic N) is 4. The average Bonchev–Trinajstić information content (AvgIpc) is 3.04. The normalized spacial score (nSPS) is 28.8. The van der Waals surface area contributed by atoms with Crippen LogP contribution in [0.25, 0.3) is 0 Å². The highest BCUT2D eigenvalue weighted by atomic mass is 16.5. The first kappa shape index (κ1) is 19.8. The maximum absolute atomic E-state index is 6.09. The van der Waals surface area contributed by atoms with Crippen LogP contribution in [0.1, 0.15) is 11.5 Å². The number of furan rings is 1. The first-order chi connectivity index (χ1) is 12.7. The van der Waals surface area contributed by atoms with Crippen LogP contribution in [0.4, 0.5) is 0 Å². The van der Waals surface area contributed by atoms with Crippen LogP contribution in [0.2, 0.25) is 0 Å². The minimum absolute atomic E-state index is 0.647. The van der Waals surface area contributed by atoms with Crippen molar-refractivity contribution in [3.05, 3.63) is 23.7 Å². The van der Waals surface area contributed by atoms with Gasteiger partial charge in [0.1, 0.15) is 11.5 Å². The molecule has 2 atom stereocenters. The van der Waals surface area contributed by atoms with Gasteiger partial charge in [-0.25, -0.2) is 0 Å². The molecule has 148 valence electrons. The van der Waals surface area contributed by atoms with Crippen LogP contribution in [0.3, 0.4) is 0 Å². The molecule has 0 radical (unpaired) electrons. The molecular formula is C19H34N4O3. The van der Waals surface area contributed by atoms with E-state index < -0.39 is 0 Å². The van der Waals surface area contributed by atoms with Gasteiger partial charge in [-0.3, -0.25) is 9.80 Å². The molecule has 0 aromatic carbocycles. The van der Waals surface area contributed by atoms with Crippen LogP contribution in [-0.4, -0.2) is 106 Å². The predicted octanol–water partition coefficient (Wildman–Crippen LogP) is 0.765. The molecule has 7 heteroatoms. The lowest BCUT2D eigenvalue weighted by atomic mass is 10.3. The Bertz CT molecular complexity index is 482. The lowest BCUT2D eigenvalue weighted by Gasteiger charge is -2.25. The fraction of sp³-hybridized carbons (Fsp3) is 0.789. The zero-order valence-electron chi connectivity index (χ0n) is 16.4. The third-order valence-corrected chi connectivity index (χ3v) is 5.13. The second-order valence-electron chi connectivity index (χ2n) is 7.45. The molecule has 0 amide bonds. The lowest BCUT2D eigenvalue weighted by Crippen LogP contribution is -2.37. The van der Waals surface area contributed by atoms with E-state index in [1.807, 2.05) is 0 Å². The quantitative estimate of drug-likeness (QED) is 0.672. The van der Waals surface area contributed by atoms with E-state index in [1.165, 1.54) is 0 Å². The van der Waals surface area contributed by atoms with Gasteiger partial charge in [0.15, 0.2) is 0 Å². The highest BCUT2D eigenvalue weighted by molar-refractivity contribution is 5.07. The first-order valence-corrected chi connectivity index (χ1v) is 9.74. The van der Waals surface area contributed by atoms with E-state index in [0.717, 1.165) is 90.2 Å². The molecule has 2 aliphatic rings. The van der Waals surface area contributed by atoms with Crippen LogP contribution in [0, 0.1) is 0 Å². The summed E-state index contributed by atoms with van der Waals surface area (Å²) in [5.41, 5.74) is 0. The molecule has 0 aliphatic carbocycles. The first-order valence-electron chi connectivity index (χ1n) is 9.74. The van der Waals surface area contributed by atoms with E-state index in [-0.39, 0.29) is 0 Å². The topological polar surface area (TPSA) is 44.6 Å². The summed E-state index contributed by atoms with van der Waals surface area (Å²) in [6.07, 6.45) is 0. The molecule has 2 unspecified atom stereocenters. The number of hydrogen-bond donors (Lipinski definition) is 0. The summed E-state index contributed by atoms with van der Waals surface area (Å²) in [5, 5.41) is 0. The van der Waals surface area contributed by atoms with Crippen molar-refractivity contribution >= 4 is 0 Å². The Morgan fingerprint density at radius 2 is 1.23 bits per heavy atom. The summed E-state index contributed by atoms with van der Waals surface area (Å²) in [7, 11) is 4.31. The smallest absolute Gasteiger partial charge is 0.118 e. The molecule has 0 N–H and O–H groups in total. The minimum atomic E-state index is 0.647. The van der Waals surface area contributed by atoms with E-state index >= 15 is 0 Å². The zero-order valence-corrected chi connectivity index (χ0v) is 16.4. The summed E-state index contributed by atoms with van der Waals surface area (Å²) in [6.45, 7) is 11.4. The fourth-order valence-electron chi connectivity index (χ4n) is 3.27. The molecule has 3 heterocycles. The second-order valence-corrected chi connectivity index (χ2v) is 7.45. The Kier molecular flexibility index (Phi) is 7.91. The van der Waals surface area contributed by atoms with E-state index in [9.17, 15) is 0 Å². The van der Waals surface area contributed by atoms with Crippen LogP contribution in [0.15, 0.2) is 16.5 Å². The Morgan fingerprint density at radius 1 is 0.654 bits per heavy atom. The number of fused-ring (bicyclic) bond motifs is 7. The maximum Gasteiger partial charge on any atom is 0.118 e. The summed E-state index contributed by atoms with van der Waals surface area (Å²) in [4.78, 5) is 9.40. The second kappa shape index (κ2) is 10.4. The van der Waals surface area contributed by atoms with E-state index in [1.54, 1.807) is 0 Å². The molecule has 1 saturated heterocycles. The molecule has 0 saturated carbocycles. The van der Waals surface area contributed by atoms with Gasteiger partial charge in [0.25, 0.3) is 0 Å². The van der Waals surface area contributed by atoms with Crippen molar-refractivity contribution in [3.8, 4) is 0 Å². The van der Waals surface area contributed by atoms with E-state index in [0.29, 0.717) is 6.73 Å².